The fourth-order valence-electron chi connectivity index (χ4n) is 1.22. The van der Waals surface area contributed by atoms with Gasteiger partial charge in [-0.25, -0.2) is 9.37 Å². The summed E-state index contributed by atoms with van der Waals surface area (Å²) in [6.07, 6.45) is 1.71. The molecule has 0 saturated carbocycles. The topological polar surface area (TPSA) is 31.4 Å². The quantitative estimate of drug-likeness (QED) is 0.852. The molecule has 0 fully saturated rings. The van der Waals surface area contributed by atoms with Gasteiger partial charge in [0.05, 0.1) is 11.6 Å². The number of thiazole rings is 1. The molecule has 90 valence electrons. The largest absolute Gasteiger partial charge is 0.493 e. The number of halogens is 2. The lowest BCUT2D eigenvalue weighted by atomic mass is 10.3. The van der Waals surface area contributed by atoms with Gasteiger partial charge in [0.2, 0.25) is 0 Å². The van der Waals surface area contributed by atoms with Crippen LogP contribution in [0.25, 0.3) is 0 Å². The van der Waals surface area contributed by atoms with Gasteiger partial charge < -0.3 is 9.47 Å². The molecule has 0 bridgehead atoms. The molecule has 0 unspecified atom stereocenters. The smallest absolute Gasteiger partial charge is 0.279 e. The van der Waals surface area contributed by atoms with Gasteiger partial charge in [-0.2, -0.15) is 0 Å². The normalized spacial score (nSPS) is 10.4. The second kappa shape index (κ2) is 5.01. The Balaban J connectivity index is 2.34. The molecule has 0 radical (unpaired) electrons. The predicted molar refractivity (Wildman–Crippen MR) is 67.6 cm³/mol. The fraction of sp³-hybridized carbons (Fsp3) is 0.182. The molecule has 1 heterocycles. The van der Waals surface area contributed by atoms with Gasteiger partial charge in [0, 0.05) is 23.2 Å². The zero-order valence-corrected chi connectivity index (χ0v) is 11.6. The maximum absolute atomic E-state index is 13.3. The summed E-state index contributed by atoms with van der Waals surface area (Å²) in [4.78, 5) is 5.11. The van der Waals surface area contributed by atoms with E-state index in [-0.39, 0.29) is 0 Å². The van der Waals surface area contributed by atoms with E-state index in [2.05, 4.69) is 20.9 Å². The van der Waals surface area contributed by atoms with Crippen molar-refractivity contribution in [2.24, 2.45) is 0 Å². The van der Waals surface area contributed by atoms with Crippen LogP contribution >= 0.6 is 27.3 Å². The monoisotopic (exact) mass is 317 g/mol. The Hall–Kier alpha value is -1.14. The Morgan fingerprint density at radius 1 is 1.35 bits per heavy atom. The number of hydrogen-bond acceptors (Lipinski definition) is 4. The fourth-order valence-corrected chi connectivity index (χ4v) is 2.16. The molecule has 17 heavy (non-hydrogen) atoms. The molecule has 0 atom stereocenters. The first kappa shape index (κ1) is 12.3. The van der Waals surface area contributed by atoms with Gasteiger partial charge in [0.15, 0.2) is 11.5 Å². The number of aryl methyl sites for hydroxylation is 1. The molecule has 1 aromatic heterocycles. The highest BCUT2D eigenvalue weighted by Gasteiger charge is 2.12. The van der Waals surface area contributed by atoms with Gasteiger partial charge in [-0.3, -0.25) is 0 Å². The molecule has 0 N–H and O–H groups in total. The highest BCUT2D eigenvalue weighted by molar-refractivity contribution is 9.10. The van der Waals surface area contributed by atoms with Crippen molar-refractivity contribution >= 4 is 27.3 Å². The molecular weight excluding hydrogens is 309 g/mol. The minimum Gasteiger partial charge on any atom is -0.493 e. The number of nitrogens with zero attached hydrogens (tertiary/aromatic N) is 1. The average molecular weight is 318 g/mol. The summed E-state index contributed by atoms with van der Waals surface area (Å²) < 4.78 is 24.2. The molecule has 6 heteroatoms. The minimum absolute atomic E-state index is 0.321. The number of rotatable bonds is 3. The molecular formula is C11H9BrFNO2S. The summed E-state index contributed by atoms with van der Waals surface area (Å²) in [5.41, 5.74) is 0. The summed E-state index contributed by atoms with van der Waals surface area (Å²) in [6.45, 7) is 1.93. The standard InChI is InChI=1S/C11H9BrFNO2S/c1-6-5-14-11(17-6)16-10-3-7(12)8(13)4-9(10)15-2/h3-5H,1-2H3. The van der Waals surface area contributed by atoms with Crippen LogP contribution < -0.4 is 9.47 Å². The third kappa shape index (κ3) is 2.76. The Bertz CT molecular complexity index is 544. The van der Waals surface area contributed by atoms with E-state index in [9.17, 15) is 4.39 Å². The van der Waals surface area contributed by atoms with Crippen molar-refractivity contribution in [2.45, 2.75) is 6.92 Å². The molecule has 0 aliphatic carbocycles. The Labute approximate surface area is 110 Å². The predicted octanol–water partition coefficient (Wildman–Crippen LogP) is 4.15. The van der Waals surface area contributed by atoms with E-state index in [1.807, 2.05) is 6.92 Å². The van der Waals surface area contributed by atoms with E-state index in [1.165, 1.54) is 30.6 Å². The molecule has 2 aromatic rings. The lowest BCUT2D eigenvalue weighted by molar-refractivity contribution is 0.374. The Morgan fingerprint density at radius 3 is 2.71 bits per heavy atom. The van der Waals surface area contributed by atoms with Gasteiger partial charge in [-0.05, 0) is 22.9 Å². The number of methoxy groups -OCH3 is 1. The minimum atomic E-state index is -0.399. The summed E-state index contributed by atoms with van der Waals surface area (Å²) >= 11 is 4.51. The lowest BCUT2D eigenvalue weighted by Gasteiger charge is -2.08. The van der Waals surface area contributed by atoms with E-state index in [0.29, 0.717) is 21.2 Å². The van der Waals surface area contributed by atoms with Gasteiger partial charge in [-0.15, -0.1) is 0 Å². The van der Waals surface area contributed by atoms with Crippen molar-refractivity contribution < 1.29 is 13.9 Å². The molecule has 0 aliphatic heterocycles. The van der Waals surface area contributed by atoms with Crippen molar-refractivity contribution in [1.82, 2.24) is 4.98 Å². The van der Waals surface area contributed by atoms with E-state index >= 15 is 0 Å². The SMILES string of the molecule is COc1cc(F)c(Br)cc1Oc1ncc(C)s1. The molecule has 0 spiro atoms. The first-order valence-electron chi connectivity index (χ1n) is 4.73. The van der Waals surface area contributed by atoms with Crippen LogP contribution in [0, 0.1) is 12.7 Å². The third-order valence-corrected chi connectivity index (χ3v) is 3.40. The van der Waals surface area contributed by atoms with E-state index < -0.39 is 5.82 Å². The maximum Gasteiger partial charge on any atom is 0.279 e. The van der Waals surface area contributed by atoms with Crippen LogP contribution in [-0.4, -0.2) is 12.1 Å². The summed E-state index contributed by atoms with van der Waals surface area (Å²) in [6, 6.07) is 2.78. The molecule has 0 amide bonds. The zero-order valence-electron chi connectivity index (χ0n) is 9.16. The summed E-state index contributed by atoms with van der Waals surface area (Å²) in [7, 11) is 1.46. The first-order valence-corrected chi connectivity index (χ1v) is 6.34. The first-order chi connectivity index (χ1) is 8.10. The van der Waals surface area contributed by atoms with E-state index in [1.54, 1.807) is 6.20 Å². The van der Waals surface area contributed by atoms with Gasteiger partial charge in [0.1, 0.15) is 5.82 Å². The maximum atomic E-state index is 13.3. The van der Waals surface area contributed by atoms with Crippen LogP contribution in [0.1, 0.15) is 4.88 Å². The van der Waals surface area contributed by atoms with Crippen LogP contribution in [0.5, 0.6) is 16.7 Å². The summed E-state index contributed by atoms with van der Waals surface area (Å²) in [5.74, 6) is 0.359. The van der Waals surface area contributed by atoms with Crippen LogP contribution in [-0.2, 0) is 0 Å². The van der Waals surface area contributed by atoms with Crippen molar-refractivity contribution in [3.8, 4) is 16.7 Å². The van der Waals surface area contributed by atoms with Gasteiger partial charge in [-0.1, -0.05) is 11.3 Å². The number of aromatic nitrogens is 1. The summed E-state index contributed by atoms with van der Waals surface area (Å²) in [5, 5.41) is 0.499. The zero-order chi connectivity index (χ0) is 12.4. The third-order valence-electron chi connectivity index (χ3n) is 2.00. The second-order valence-corrected chi connectivity index (χ2v) is 5.31. The lowest BCUT2D eigenvalue weighted by Crippen LogP contribution is -1.92. The van der Waals surface area contributed by atoms with Gasteiger partial charge in [0.25, 0.3) is 5.19 Å². The van der Waals surface area contributed by atoms with Crippen molar-refractivity contribution in [3.63, 3.8) is 0 Å². The van der Waals surface area contributed by atoms with Gasteiger partial charge >= 0.3 is 0 Å². The molecule has 0 saturated heterocycles. The Kier molecular flexibility index (Phi) is 3.63. The highest BCUT2D eigenvalue weighted by atomic mass is 79.9. The average Bonchev–Trinajstić information content (AvgIpc) is 2.69. The molecule has 2 rings (SSSR count). The highest BCUT2D eigenvalue weighted by Crippen LogP contribution is 2.36. The Morgan fingerprint density at radius 2 is 2.12 bits per heavy atom. The van der Waals surface area contributed by atoms with Crippen LogP contribution in [0.15, 0.2) is 22.8 Å². The van der Waals surface area contributed by atoms with E-state index in [4.69, 9.17) is 9.47 Å². The van der Waals surface area contributed by atoms with Crippen molar-refractivity contribution in [3.05, 3.63) is 33.5 Å². The number of hydrogen-bond donors (Lipinski definition) is 0. The van der Waals surface area contributed by atoms with Crippen molar-refractivity contribution in [2.75, 3.05) is 7.11 Å². The molecule has 1 aromatic carbocycles. The molecule has 0 aliphatic rings. The van der Waals surface area contributed by atoms with E-state index in [0.717, 1.165) is 4.88 Å². The second-order valence-electron chi connectivity index (χ2n) is 3.26. The molecule has 3 nitrogen and oxygen atoms in total. The number of benzene rings is 1. The van der Waals surface area contributed by atoms with Crippen molar-refractivity contribution in [1.29, 1.82) is 0 Å². The number of ether oxygens (including phenoxy) is 2. The van der Waals surface area contributed by atoms with Crippen LogP contribution in [0.3, 0.4) is 0 Å². The van der Waals surface area contributed by atoms with Crippen LogP contribution in [0.2, 0.25) is 0 Å². The van der Waals surface area contributed by atoms with Crippen LogP contribution in [0.4, 0.5) is 4.39 Å².